The Bertz CT molecular complexity index is 1360. The first-order chi connectivity index (χ1) is 17.8. The lowest BCUT2D eigenvalue weighted by Crippen LogP contribution is -2.48. The Kier molecular flexibility index (Phi) is 6.54. The average molecular weight is 562 g/mol. The monoisotopic (exact) mass is 561 g/mol. The number of hydrogen-bond donors (Lipinski definition) is 2. The first kappa shape index (κ1) is 24.9. The van der Waals surface area contributed by atoms with E-state index in [0.717, 1.165) is 41.2 Å². The Morgan fingerprint density at radius 1 is 1.11 bits per heavy atom. The van der Waals surface area contributed by atoms with Crippen LogP contribution in [0.2, 0.25) is 4.34 Å². The summed E-state index contributed by atoms with van der Waals surface area (Å²) >= 11 is 7.56. The molecule has 37 heavy (non-hydrogen) atoms. The highest BCUT2D eigenvalue weighted by Gasteiger charge is 2.35. The normalized spacial score (nSPS) is 19.6. The second kappa shape index (κ2) is 9.72. The highest BCUT2D eigenvalue weighted by Crippen LogP contribution is 2.55. The van der Waals surface area contributed by atoms with Crippen LogP contribution in [0.15, 0.2) is 30.3 Å². The maximum Gasteiger partial charge on any atom is 0.260 e. The van der Waals surface area contributed by atoms with E-state index in [1.165, 1.54) is 11.3 Å². The first-order valence-electron chi connectivity index (χ1n) is 12.1. The van der Waals surface area contributed by atoms with Gasteiger partial charge in [0.05, 0.1) is 26.4 Å². The van der Waals surface area contributed by atoms with E-state index in [9.17, 15) is 13.9 Å². The summed E-state index contributed by atoms with van der Waals surface area (Å²) in [6, 6.07) is 9.57. The van der Waals surface area contributed by atoms with E-state index in [1.54, 1.807) is 0 Å². The van der Waals surface area contributed by atoms with Gasteiger partial charge in [0.1, 0.15) is 11.6 Å². The van der Waals surface area contributed by atoms with E-state index < -0.39 is 10.6 Å². The largest absolute Gasteiger partial charge is 0.484 e. The number of piperazine rings is 1. The molecule has 1 amide bonds. The van der Waals surface area contributed by atoms with Crippen LogP contribution < -0.4 is 9.64 Å². The number of anilines is 2. The van der Waals surface area contributed by atoms with Crippen molar-refractivity contribution in [3.8, 4) is 16.5 Å². The third kappa shape index (κ3) is 5.04. The van der Waals surface area contributed by atoms with Crippen molar-refractivity contribution in [1.82, 2.24) is 19.8 Å². The lowest BCUT2D eigenvalue weighted by Gasteiger charge is -2.32. The van der Waals surface area contributed by atoms with Gasteiger partial charge in [0.25, 0.3) is 5.91 Å². The fraction of sp³-hybridized carbons (Fsp3) is 0.400. The summed E-state index contributed by atoms with van der Waals surface area (Å²) in [6.45, 7) is 3.86. The maximum absolute atomic E-state index is 12.7. The fourth-order valence-electron chi connectivity index (χ4n) is 5.01. The summed E-state index contributed by atoms with van der Waals surface area (Å²) in [7, 11) is -0.733. The van der Waals surface area contributed by atoms with Crippen molar-refractivity contribution >= 4 is 50.9 Å². The average Bonchev–Trinajstić information content (AvgIpc) is 3.57. The molecule has 1 aromatic carbocycles. The van der Waals surface area contributed by atoms with Crippen molar-refractivity contribution in [3.63, 3.8) is 0 Å². The number of ether oxygens (including phenoxy) is 1. The van der Waals surface area contributed by atoms with E-state index in [2.05, 4.69) is 21.8 Å². The van der Waals surface area contributed by atoms with E-state index in [1.807, 2.05) is 35.2 Å². The number of amides is 1. The molecule has 0 spiro atoms. The lowest BCUT2D eigenvalue weighted by atomic mass is 10.1. The second-order valence-corrected chi connectivity index (χ2v) is 13.6. The first-order valence-corrected chi connectivity index (χ1v) is 15.2. The summed E-state index contributed by atoms with van der Waals surface area (Å²) in [5, 5.41) is 0. The Balaban J connectivity index is 1.28. The van der Waals surface area contributed by atoms with Gasteiger partial charge < -0.3 is 19.4 Å². The molecule has 0 aliphatic carbocycles. The number of nitrogens with zero attached hydrogens (tertiary/aromatic N) is 5. The molecule has 6 rings (SSSR count). The van der Waals surface area contributed by atoms with Crippen LogP contribution in [0, 0.1) is 0 Å². The van der Waals surface area contributed by atoms with Crippen LogP contribution in [0.3, 0.4) is 0 Å². The minimum Gasteiger partial charge on any atom is -0.484 e. The van der Waals surface area contributed by atoms with Crippen LogP contribution in [-0.2, 0) is 22.7 Å². The van der Waals surface area contributed by atoms with Crippen LogP contribution in [0.1, 0.15) is 16.8 Å². The molecule has 3 aliphatic rings. The number of carbonyl (C=O) groups is 1. The number of fused-ring (bicyclic) bond motifs is 2. The molecule has 3 aliphatic heterocycles. The van der Waals surface area contributed by atoms with Crippen molar-refractivity contribution in [2.24, 2.45) is 0 Å². The van der Waals surface area contributed by atoms with Crippen LogP contribution >= 0.6 is 33.5 Å². The number of hydrogen-bond acceptors (Lipinski definition) is 9. The van der Waals surface area contributed by atoms with Crippen LogP contribution in [0.5, 0.6) is 5.75 Å². The van der Waals surface area contributed by atoms with Crippen molar-refractivity contribution in [3.05, 3.63) is 51.5 Å². The second-order valence-electron chi connectivity index (χ2n) is 9.66. The zero-order valence-corrected chi connectivity index (χ0v) is 22.8. The Hall–Kier alpha value is -2.41. The van der Waals surface area contributed by atoms with Gasteiger partial charge in [0, 0.05) is 50.0 Å². The molecule has 196 valence electrons. The molecular formula is C25H28ClN5O4S2. The maximum atomic E-state index is 12.7. The summed E-state index contributed by atoms with van der Waals surface area (Å²) < 4.78 is 27.6. The van der Waals surface area contributed by atoms with Crippen molar-refractivity contribution in [2.45, 2.75) is 17.9 Å². The molecule has 1 saturated heterocycles. The molecule has 9 nitrogen and oxygen atoms in total. The SMILES string of the molecule is CN1CCN(C(=O)COc2ccc3c(c2)N(c2nc(-c4ccc(Cl)s4)nc4c2CS(O)(O)C4)CC3)CC1. The molecular weight excluding hydrogens is 534 g/mol. The molecule has 5 heterocycles. The summed E-state index contributed by atoms with van der Waals surface area (Å²) in [5.74, 6) is 2.09. The van der Waals surface area contributed by atoms with Gasteiger partial charge >= 0.3 is 0 Å². The number of carbonyl (C=O) groups excluding carboxylic acids is 1. The molecule has 3 aromatic rings. The summed E-state index contributed by atoms with van der Waals surface area (Å²) in [4.78, 5) is 29.2. The molecule has 2 N–H and O–H groups in total. The topological polar surface area (TPSA) is 102 Å². The lowest BCUT2D eigenvalue weighted by molar-refractivity contribution is -0.134. The quantitative estimate of drug-likeness (QED) is 0.470. The number of thiophene rings is 1. The predicted molar refractivity (Wildman–Crippen MR) is 147 cm³/mol. The fourth-order valence-corrected chi connectivity index (χ4v) is 7.53. The van der Waals surface area contributed by atoms with E-state index in [4.69, 9.17) is 21.3 Å². The van der Waals surface area contributed by atoms with Crippen molar-refractivity contribution in [1.29, 1.82) is 0 Å². The molecule has 0 unspecified atom stereocenters. The molecule has 0 bridgehead atoms. The van der Waals surface area contributed by atoms with Gasteiger partial charge in [-0.15, -0.1) is 11.3 Å². The standard InChI is InChI=1S/C25H28ClN5O4S2/c1-29-8-10-30(11-9-29)23(32)13-35-17-3-2-16-6-7-31(20(16)12-17)25-18-14-37(33,34)15-19(18)27-24(28-25)21-4-5-22(26)36-21/h2-5,12,33-34H,6-11,13-15H2,1H3. The van der Waals surface area contributed by atoms with Gasteiger partial charge in [0.2, 0.25) is 0 Å². The van der Waals surface area contributed by atoms with Crippen molar-refractivity contribution in [2.75, 3.05) is 51.3 Å². The van der Waals surface area contributed by atoms with Crippen LogP contribution in [-0.4, -0.2) is 81.2 Å². The molecule has 0 saturated carbocycles. The number of halogens is 1. The van der Waals surface area contributed by atoms with Gasteiger partial charge in [-0.05, 0) is 37.2 Å². The van der Waals surface area contributed by atoms with Gasteiger partial charge in [-0.1, -0.05) is 17.7 Å². The van der Waals surface area contributed by atoms with E-state index in [-0.39, 0.29) is 24.0 Å². The zero-order valence-electron chi connectivity index (χ0n) is 20.4. The minimum atomic E-state index is -2.79. The third-order valence-electron chi connectivity index (χ3n) is 7.03. The van der Waals surface area contributed by atoms with Crippen LogP contribution in [0.25, 0.3) is 10.7 Å². The molecule has 2 aromatic heterocycles. The predicted octanol–water partition coefficient (Wildman–Crippen LogP) is 4.47. The Morgan fingerprint density at radius 2 is 1.92 bits per heavy atom. The number of aromatic nitrogens is 2. The minimum absolute atomic E-state index is 0.00437. The van der Waals surface area contributed by atoms with Gasteiger partial charge in [-0.2, -0.15) is 10.6 Å². The van der Waals surface area contributed by atoms with Crippen molar-refractivity contribution < 1.29 is 18.6 Å². The molecule has 12 heteroatoms. The Labute approximate surface area is 226 Å². The highest BCUT2D eigenvalue weighted by atomic mass is 35.5. The van der Waals surface area contributed by atoms with Gasteiger partial charge in [-0.3, -0.25) is 13.9 Å². The number of likely N-dealkylation sites (N-methyl/N-ethyl adjacent to an activating group) is 1. The molecule has 0 radical (unpaired) electrons. The number of rotatable bonds is 5. The third-order valence-corrected chi connectivity index (χ3v) is 9.75. The molecule has 1 fully saturated rings. The van der Waals surface area contributed by atoms with Crippen LogP contribution in [0.4, 0.5) is 11.5 Å². The molecule has 0 atom stereocenters. The van der Waals surface area contributed by atoms with E-state index in [0.29, 0.717) is 47.1 Å². The smallest absolute Gasteiger partial charge is 0.260 e. The summed E-state index contributed by atoms with van der Waals surface area (Å²) in [5.41, 5.74) is 3.54. The Morgan fingerprint density at radius 3 is 2.68 bits per heavy atom. The zero-order chi connectivity index (χ0) is 25.7. The highest BCUT2D eigenvalue weighted by molar-refractivity contribution is 8.23. The number of benzene rings is 1. The summed E-state index contributed by atoms with van der Waals surface area (Å²) in [6.07, 6.45) is 0.824. The van der Waals surface area contributed by atoms with Gasteiger partial charge in [-0.25, -0.2) is 9.97 Å². The van der Waals surface area contributed by atoms with E-state index >= 15 is 0 Å². The van der Waals surface area contributed by atoms with Gasteiger partial charge in [0.15, 0.2) is 12.4 Å².